The quantitative estimate of drug-likeness (QED) is 0.602. The minimum absolute atomic E-state index is 0.0953. The maximum Gasteiger partial charge on any atom is 0.373 e. The van der Waals surface area contributed by atoms with Gasteiger partial charge in [-0.1, -0.05) is 11.3 Å². The highest BCUT2D eigenvalue weighted by Crippen LogP contribution is 2.32. The van der Waals surface area contributed by atoms with Gasteiger partial charge >= 0.3 is 5.82 Å². The Labute approximate surface area is 123 Å². The van der Waals surface area contributed by atoms with Crippen LogP contribution in [-0.2, 0) is 4.79 Å². The van der Waals surface area contributed by atoms with Crippen molar-refractivity contribution < 1.29 is 9.72 Å². The Bertz CT molecular complexity index is 695. The lowest BCUT2D eigenvalue weighted by atomic mass is 10.2. The molecular weight excluding hydrogens is 296 g/mol. The van der Waals surface area contributed by atoms with E-state index in [-0.39, 0.29) is 17.5 Å². The van der Waals surface area contributed by atoms with Gasteiger partial charge in [0, 0.05) is 32.1 Å². The third-order valence-corrected chi connectivity index (χ3v) is 4.21. The second-order valence-electron chi connectivity index (χ2n) is 4.60. The molecule has 0 aliphatic carbocycles. The van der Waals surface area contributed by atoms with Gasteiger partial charge in [-0.15, -0.1) is 0 Å². The topological polar surface area (TPSA) is 105 Å². The van der Waals surface area contributed by atoms with Gasteiger partial charge in [-0.05, 0) is 4.92 Å². The van der Waals surface area contributed by atoms with E-state index in [9.17, 15) is 14.9 Å². The highest BCUT2D eigenvalue weighted by Gasteiger charge is 2.36. The highest BCUT2D eigenvalue weighted by atomic mass is 32.1. The van der Waals surface area contributed by atoms with Crippen LogP contribution in [0.5, 0.6) is 0 Å². The maximum absolute atomic E-state index is 12.0. The minimum atomic E-state index is -0.507. The standard InChI is InChI=1S/C11H14N6O3S/c1-12-9(18)7-6-13-2-3-15(7)8-10(17(19)20)16-4-5-21-11(16)14-8/h4-5,7,13H,2-3,6H2,1H3,(H,12,18). The number of anilines is 1. The Kier molecular flexibility index (Phi) is 3.47. The molecule has 1 aliphatic heterocycles. The number of rotatable bonds is 3. The Morgan fingerprint density at radius 1 is 1.67 bits per heavy atom. The van der Waals surface area contributed by atoms with Crippen molar-refractivity contribution in [3.8, 4) is 0 Å². The first-order valence-corrected chi connectivity index (χ1v) is 7.30. The van der Waals surface area contributed by atoms with E-state index in [1.54, 1.807) is 23.5 Å². The van der Waals surface area contributed by atoms with Crippen molar-refractivity contribution in [2.75, 3.05) is 31.6 Å². The summed E-state index contributed by atoms with van der Waals surface area (Å²) in [5.74, 6) is -0.0307. The van der Waals surface area contributed by atoms with Crippen LogP contribution in [0.3, 0.4) is 0 Å². The number of imidazole rings is 1. The molecule has 3 heterocycles. The first-order valence-electron chi connectivity index (χ1n) is 6.42. The van der Waals surface area contributed by atoms with Crippen LogP contribution in [-0.4, -0.2) is 52.9 Å². The van der Waals surface area contributed by atoms with Crippen molar-refractivity contribution in [1.82, 2.24) is 20.0 Å². The zero-order chi connectivity index (χ0) is 15.0. The van der Waals surface area contributed by atoms with Crippen LogP contribution in [0.4, 0.5) is 11.6 Å². The fourth-order valence-corrected chi connectivity index (χ4v) is 3.19. The molecule has 112 valence electrons. The number of likely N-dealkylation sites (N-methyl/N-ethyl adjacent to an activating group) is 1. The molecule has 2 aromatic rings. The van der Waals surface area contributed by atoms with Crippen LogP contribution in [0.2, 0.25) is 0 Å². The second kappa shape index (κ2) is 5.30. The summed E-state index contributed by atoms with van der Waals surface area (Å²) in [7, 11) is 1.55. The number of nitrogens with zero attached hydrogens (tertiary/aromatic N) is 4. The predicted octanol–water partition coefficient (Wildman–Crippen LogP) is -0.172. The lowest BCUT2D eigenvalue weighted by molar-refractivity contribution is -0.389. The molecule has 0 bridgehead atoms. The van der Waals surface area contributed by atoms with Crippen LogP contribution in [0, 0.1) is 10.1 Å². The highest BCUT2D eigenvalue weighted by molar-refractivity contribution is 7.15. The van der Waals surface area contributed by atoms with Crippen molar-refractivity contribution >= 4 is 33.8 Å². The van der Waals surface area contributed by atoms with Crippen molar-refractivity contribution in [2.24, 2.45) is 0 Å². The molecule has 0 aromatic carbocycles. The van der Waals surface area contributed by atoms with Crippen molar-refractivity contribution in [1.29, 1.82) is 0 Å². The largest absolute Gasteiger partial charge is 0.373 e. The average molecular weight is 310 g/mol. The normalized spacial score (nSPS) is 18.9. The number of carbonyl (C=O) groups excluding carboxylic acids is 1. The maximum atomic E-state index is 12.0. The fourth-order valence-electron chi connectivity index (χ4n) is 2.48. The molecule has 2 N–H and O–H groups in total. The lowest BCUT2D eigenvalue weighted by Crippen LogP contribution is -2.57. The molecule has 1 unspecified atom stereocenters. The van der Waals surface area contributed by atoms with E-state index in [4.69, 9.17) is 0 Å². The van der Waals surface area contributed by atoms with Gasteiger partial charge in [-0.3, -0.25) is 4.79 Å². The van der Waals surface area contributed by atoms with Gasteiger partial charge in [0.2, 0.25) is 11.7 Å². The van der Waals surface area contributed by atoms with Gasteiger partial charge in [0.25, 0.3) is 4.96 Å². The van der Waals surface area contributed by atoms with E-state index in [0.717, 1.165) is 0 Å². The monoisotopic (exact) mass is 310 g/mol. The Morgan fingerprint density at radius 3 is 3.19 bits per heavy atom. The summed E-state index contributed by atoms with van der Waals surface area (Å²) >= 11 is 1.32. The Morgan fingerprint density at radius 2 is 2.48 bits per heavy atom. The van der Waals surface area contributed by atoms with E-state index in [1.165, 1.54) is 15.7 Å². The molecule has 0 radical (unpaired) electrons. The SMILES string of the molecule is CNC(=O)C1CNCCN1c1nc2sccn2c1[N+](=O)[O-]. The van der Waals surface area contributed by atoms with Crippen molar-refractivity contribution in [3.63, 3.8) is 0 Å². The summed E-state index contributed by atoms with van der Waals surface area (Å²) in [6.45, 7) is 1.57. The first kappa shape index (κ1) is 13.8. The van der Waals surface area contributed by atoms with Crippen molar-refractivity contribution in [3.05, 3.63) is 21.7 Å². The average Bonchev–Trinajstić information content (AvgIpc) is 3.06. The number of hydrogen-bond donors (Lipinski definition) is 2. The number of nitro groups is 1. The molecule has 1 aliphatic rings. The number of nitrogens with one attached hydrogen (secondary N) is 2. The summed E-state index contributed by atoms with van der Waals surface area (Å²) < 4.78 is 1.45. The molecule has 1 saturated heterocycles. The zero-order valence-electron chi connectivity index (χ0n) is 11.3. The summed E-state index contributed by atoms with van der Waals surface area (Å²) in [4.78, 5) is 29.5. The molecule has 1 fully saturated rings. The van der Waals surface area contributed by atoms with Crippen molar-refractivity contribution in [2.45, 2.75) is 6.04 Å². The third-order valence-electron chi connectivity index (χ3n) is 3.46. The van der Waals surface area contributed by atoms with E-state index in [0.29, 0.717) is 24.6 Å². The summed E-state index contributed by atoms with van der Waals surface area (Å²) in [6, 6.07) is -0.507. The van der Waals surface area contributed by atoms with Crippen LogP contribution >= 0.6 is 11.3 Å². The molecule has 3 rings (SSSR count). The number of hydrogen-bond acceptors (Lipinski definition) is 7. The molecule has 10 heteroatoms. The number of piperazine rings is 1. The number of carbonyl (C=O) groups is 1. The summed E-state index contributed by atoms with van der Waals surface area (Å²) in [5, 5.41) is 18.8. The smallest absolute Gasteiger partial charge is 0.358 e. The molecule has 1 amide bonds. The van der Waals surface area contributed by atoms with E-state index >= 15 is 0 Å². The molecule has 0 saturated carbocycles. The van der Waals surface area contributed by atoms with Gasteiger partial charge < -0.3 is 25.6 Å². The first-order chi connectivity index (χ1) is 10.1. The predicted molar refractivity (Wildman–Crippen MR) is 77.8 cm³/mol. The Balaban J connectivity index is 2.08. The van der Waals surface area contributed by atoms with Gasteiger partial charge in [0.15, 0.2) is 0 Å². The number of thiazole rings is 1. The number of amides is 1. The van der Waals surface area contributed by atoms with Gasteiger partial charge in [-0.25, -0.2) is 0 Å². The second-order valence-corrected chi connectivity index (χ2v) is 5.47. The molecule has 0 spiro atoms. The van der Waals surface area contributed by atoms with Gasteiger partial charge in [-0.2, -0.15) is 9.38 Å². The zero-order valence-corrected chi connectivity index (χ0v) is 12.1. The number of fused-ring (bicyclic) bond motifs is 1. The van der Waals surface area contributed by atoms with Crippen LogP contribution < -0.4 is 15.5 Å². The van der Waals surface area contributed by atoms with Crippen LogP contribution in [0.15, 0.2) is 11.6 Å². The van der Waals surface area contributed by atoms with Gasteiger partial charge in [0.05, 0.1) is 0 Å². The van der Waals surface area contributed by atoms with E-state index < -0.39 is 11.0 Å². The summed E-state index contributed by atoms with van der Waals surface area (Å²) in [6.07, 6.45) is 1.62. The fraction of sp³-hybridized carbons (Fsp3) is 0.455. The van der Waals surface area contributed by atoms with Gasteiger partial charge in [0.1, 0.15) is 12.2 Å². The molecule has 2 aromatic heterocycles. The molecular formula is C11H14N6O3S. The molecule has 1 atom stereocenters. The van der Waals surface area contributed by atoms with E-state index in [1.807, 2.05) is 0 Å². The minimum Gasteiger partial charge on any atom is -0.358 e. The molecule has 9 nitrogen and oxygen atoms in total. The van der Waals surface area contributed by atoms with Crippen LogP contribution in [0.1, 0.15) is 0 Å². The third kappa shape index (κ3) is 2.21. The summed E-state index contributed by atoms with van der Waals surface area (Å²) in [5.41, 5.74) is 0. The lowest BCUT2D eigenvalue weighted by Gasteiger charge is -2.34. The van der Waals surface area contributed by atoms with E-state index in [2.05, 4.69) is 15.6 Å². The Hall–Kier alpha value is -2.20. The number of aromatic nitrogens is 2. The molecule has 21 heavy (non-hydrogen) atoms. The van der Waals surface area contributed by atoms with Crippen LogP contribution in [0.25, 0.3) is 4.96 Å².